The molecule has 0 fully saturated rings. The molecule has 3 N–H and O–H groups in total. The van der Waals surface area contributed by atoms with Crippen molar-refractivity contribution in [2.45, 2.75) is 0 Å². The Labute approximate surface area is 122 Å². The first-order valence-electron chi connectivity index (χ1n) is 6.34. The van der Waals surface area contributed by atoms with Crippen molar-refractivity contribution in [2.75, 3.05) is 7.11 Å². The third-order valence-electron chi connectivity index (χ3n) is 2.93. The lowest BCUT2D eigenvalue weighted by Gasteiger charge is -2.05. The third kappa shape index (κ3) is 3.57. The third-order valence-corrected chi connectivity index (χ3v) is 2.93. The molecule has 0 saturated carbocycles. The Balaban J connectivity index is 0.000000173. The molecule has 4 nitrogen and oxygen atoms in total. The van der Waals surface area contributed by atoms with Crippen molar-refractivity contribution in [3.05, 3.63) is 60.7 Å². The number of benzene rings is 3. The molecule has 0 aliphatic carbocycles. The van der Waals surface area contributed by atoms with Crippen LogP contribution in [-0.4, -0.2) is 22.4 Å². The monoisotopic (exact) mass is 284 g/mol. The van der Waals surface area contributed by atoms with Gasteiger partial charge in [0, 0.05) is 10.8 Å². The van der Waals surface area contributed by atoms with Crippen molar-refractivity contribution in [1.82, 2.24) is 0 Å². The Morgan fingerprint density at radius 3 is 1.71 bits per heavy atom. The smallest absolute Gasteiger partial charge is 0.126 e. The lowest BCUT2D eigenvalue weighted by molar-refractivity contribution is 0.418. The molecule has 0 heterocycles. The largest absolute Gasteiger partial charge is 0.508 e. The van der Waals surface area contributed by atoms with Crippen LogP contribution in [-0.2, 0) is 0 Å². The zero-order chi connectivity index (χ0) is 15.2. The fourth-order valence-electron chi connectivity index (χ4n) is 1.89. The van der Waals surface area contributed by atoms with Crippen molar-refractivity contribution >= 4 is 10.8 Å². The van der Waals surface area contributed by atoms with Crippen LogP contribution >= 0.6 is 0 Å². The zero-order valence-electron chi connectivity index (χ0n) is 11.5. The van der Waals surface area contributed by atoms with Crippen LogP contribution in [0.25, 0.3) is 10.8 Å². The molecule has 3 aromatic carbocycles. The Kier molecular flexibility index (Phi) is 4.51. The van der Waals surface area contributed by atoms with Crippen LogP contribution in [0.1, 0.15) is 0 Å². The van der Waals surface area contributed by atoms with E-state index < -0.39 is 0 Å². The number of hydrogen-bond donors (Lipinski definition) is 3. The Morgan fingerprint density at radius 1 is 0.667 bits per heavy atom. The number of aromatic hydroxyl groups is 3. The van der Waals surface area contributed by atoms with Crippen molar-refractivity contribution in [3.8, 4) is 23.0 Å². The molecule has 0 spiro atoms. The summed E-state index contributed by atoms with van der Waals surface area (Å²) in [6, 6.07) is 16.7. The maximum absolute atomic E-state index is 9.54. The topological polar surface area (TPSA) is 69.9 Å². The molecule has 21 heavy (non-hydrogen) atoms. The van der Waals surface area contributed by atoms with Crippen LogP contribution in [0.3, 0.4) is 0 Å². The lowest BCUT2D eigenvalue weighted by Crippen LogP contribution is -1.84. The molecular formula is C17H16O4. The van der Waals surface area contributed by atoms with Crippen molar-refractivity contribution in [3.63, 3.8) is 0 Å². The second-order valence-corrected chi connectivity index (χ2v) is 4.35. The summed E-state index contributed by atoms with van der Waals surface area (Å²) >= 11 is 0. The van der Waals surface area contributed by atoms with Gasteiger partial charge in [0.15, 0.2) is 0 Å². The number of hydrogen-bond acceptors (Lipinski definition) is 4. The molecule has 4 heteroatoms. The number of ether oxygens (including phenoxy) is 1. The molecule has 108 valence electrons. The average Bonchev–Trinajstić information content (AvgIpc) is 2.52. The standard InChI is InChI=1S/C11H10O2.C6H6O2/c1-13-11-7-6-10(12)8-4-2-3-5-9(8)11;7-5-1-2-6(8)4-3-5/h2-7,12H,1H3;1-4,7-8H. The fraction of sp³-hybridized carbons (Fsp3) is 0.0588. The van der Waals surface area contributed by atoms with E-state index in [4.69, 9.17) is 14.9 Å². The van der Waals surface area contributed by atoms with Gasteiger partial charge < -0.3 is 20.1 Å². The predicted molar refractivity (Wildman–Crippen MR) is 81.9 cm³/mol. The van der Waals surface area contributed by atoms with Crippen LogP contribution in [0.5, 0.6) is 23.0 Å². The van der Waals surface area contributed by atoms with Crippen LogP contribution in [0, 0.1) is 0 Å². The van der Waals surface area contributed by atoms with Crippen LogP contribution < -0.4 is 4.74 Å². The summed E-state index contributed by atoms with van der Waals surface area (Å²) in [6.07, 6.45) is 0. The fourth-order valence-corrected chi connectivity index (χ4v) is 1.89. The van der Waals surface area contributed by atoms with Gasteiger partial charge in [-0.3, -0.25) is 0 Å². The van der Waals surface area contributed by atoms with E-state index in [9.17, 15) is 5.11 Å². The van der Waals surface area contributed by atoms with Crippen molar-refractivity contribution < 1.29 is 20.1 Å². The van der Waals surface area contributed by atoms with Gasteiger partial charge in [0.2, 0.25) is 0 Å². The molecule has 3 aromatic rings. The summed E-state index contributed by atoms with van der Waals surface area (Å²) in [7, 11) is 1.62. The molecule has 0 saturated heterocycles. The highest BCUT2D eigenvalue weighted by Crippen LogP contribution is 2.31. The normalized spacial score (nSPS) is 9.76. The molecule has 0 bridgehead atoms. The van der Waals surface area contributed by atoms with Gasteiger partial charge in [-0.2, -0.15) is 0 Å². The van der Waals surface area contributed by atoms with Crippen LogP contribution in [0.2, 0.25) is 0 Å². The van der Waals surface area contributed by atoms with E-state index in [1.54, 1.807) is 19.2 Å². The molecule has 3 rings (SSSR count). The molecule has 0 radical (unpaired) electrons. The van der Waals surface area contributed by atoms with Crippen molar-refractivity contribution in [1.29, 1.82) is 0 Å². The highest BCUT2D eigenvalue weighted by atomic mass is 16.5. The van der Waals surface area contributed by atoms with E-state index in [0.717, 1.165) is 16.5 Å². The minimum atomic E-state index is 0.169. The Morgan fingerprint density at radius 2 is 1.19 bits per heavy atom. The number of phenolic OH excluding ortho intramolecular Hbond substituents is 3. The van der Waals surface area contributed by atoms with Gasteiger partial charge >= 0.3 is 0 Å². The summed E-state index contributed by atoms with van der Waals surface area (Å²) in [4.78, 5) is 0. The first-order valence-corrected chi connectivity index (χ1v) is 6.34. The second kappa shape index (κ2) is 6.52. The lowest BCUT2D eigenvalue weighted by atomic mass is 10.1. The summed E-state index contributed by atoms with van der Waals surface area (Å²) in [6.45, 7) is 0. The van der Waals surface area contributed by atoms with Crippen LogP contribution in [0.15, 0.2) is 60.7 Å². The molecule has 0 amide bonds. The Bertz CT molecular complexity index is 699. The minimum Gasteiger partial charge on any atom is -0.508 e. The predicted octanol–water partition coefficient (Wildman–Crippen LogP) is 3.65. The highest BCUT2D eigenvalue weighted by Gasteiger charge is 2.03. The SMILES string of the molecule is COc1ccc(O)c2ccccc12.Oc1ccc(O)cc1. The van der Waals surface area contributed by atoms with E-state index in [1.165, 1.54) is 24.3 Å². The maximum Gasteiger partial charge on any atom is 0.126 e. The molecule has 0 aliphatic heterocycles. The quantitative estimate of drug-likeness (QED) is 0.596. The van der Waals surface area contributed by atoms with E-state index in [0.29, 0.717) is 0 Å². The number of phenols is 3. The van der Waals surface area contributed by atoms with Gasteiger partial charge in [0.05, 0.1) is 7.11 Å². The van der Waals surface area contributed by atoms with Gasteiger partial charge in [0.1, 0.15) is 23.0 Å². The number of methoxy groups -OCH3 is 1. The van der Waals surface area contributed by atoms with Gasteiger partial charge in [-0.15, -0.1) is 0 Å². The highest BCUT2D eigenvalue weighted by molar-refractivity contribution is 5.92. The first kappa shape index (κ1) is 14.5. The Hall–Kier alpha value is -2.88. The van der Waals surface area contributed by atoms with Crippen molar-refractivity contribution in [2.24, 2.45) is 0 Å². The minimum absolute atomic E-state index is 0.169. The van der Waals surface area contributed by atoms with Gasteiger partial charge in [-0.05, 0) is 36.4 Å². The van der Waals surface area contributed by atoms with Gasteiger partial charge in [0.25, 0.3) is 0 Å². The maximum atomic E-state index is 9.54. The zero-order valence-corrected chi connectivity index (χ0v) is 11.5. The number of rotatable bonds is 1. The summed E-state index contributed by atoms with van der Waals surface area (Å²) in [5, 5.41) is 28.6. The summed E-state index contributed by atoms with van der Waals surface area (Å²) in [5.74, 6) is 1.41. The molecule has 0 aliphatic rings. The van der Waals surface area contributed by atoms with Gasteiger partial charge in [-0.25, -0.2) is 0 Å². The molecule has 0 aromatic heterocycles. The van der Waals surface area contributed by atoms with Crippen LogP contribution in [0.4, 0.5) is 0 Å². The number of fused-ring (bicyclic) bond motifs is 1. The van der Waals surface area contributed by atoms with E-state index in [2.05, 4.69) is 0 Å². The second-order valence-electron chi connectivity index (χ2n) is 4.35. The van der Waals surface area contributed by atoms with Gasteiger partial charge in [-0.1, -0.05) is 24.3 Å². The van der Waals surface area contributed by atoms with E-state index in [1.807, 2.05) is 24.3 Å². The molecular weight excluding hydrogens is 268 g/mol. The summed E-state index contributed by atoms with van der Waals surface area (Å²) < 4.78 is 5.17. The molecule has 0 atom stereocenters. The van der Waals surface area contributed by atoms with E-state index >= 15 is 0 Å². The first-order chi connectivity index (χ1) is 10.1. The van der Waals surface area contributed by atoms with E-state index in [-0.39, 0.29) is 17.2 Å². The average molecular weight is 284 g/mol. The summed E-state index contributed by atoms with van der Waals surface area (Å²) in [5.41, 5.74) is 0. The molecule has 0 unspecified atom stereocenters.